The van der Waals surface area contributed by atoms with Crippen molar-refractivity contribution in [1.82, 2.24) is 9.97 Å². The summed E-state index contributed by atoms with van der Waals surface area (Å²) in [6.45, 7) is 1.80. The van der Waals surface area contributed by atoms with Gasteiger partial charge in [-0.05, 0) is 36.8 Å². The molecule has 88 valence electrons. The summed E-state index contributed by atoms with van der Waals surface area (Å²) in [4.78, 5) is 7.33. The molecule has 2 aromatic heterocycles. The first-order valence-electron chi connectivity index (χ1n) is 4.94. The highest BCUT2D eigenvalue weighted by atomic mass is 19.4. The number of hydrogen-bond acceptors (Lipinski definition) is 2. The topological polar surface area (TPSA) is 25.8 Å². The average molecular weight is 238 g/mol. The molecule has 0 amide bonds. The van der Waals surface area contributed by atoms with Gasteiger partial charge in [0.25, 0.3) is 0 Å². The maximum absolute atomic E-state index is 12.7. The lowest BCUT2D eigenvalue weighted by Gasteiger charge is -2.10. The Morgan fingerprint density at radius 3 is 2.47 bits per heavy atom. The predicted octanol–water partition coefficient (Wildman–Crippen LogP) is 3.47. The van der Waals surface area contributed by atoms with Crippen LogP contribution >= 0.6 is 0 Å². The largest absolute Gasteiger partial charge is 0.434 e. The second kappa shape index (κ2) is 4.16. The van der Waals surface area contributed by atoms with E-state index >= 15 is 0 Å². The Bertz CT molecular complexity index is 535. The van der Waals surface area contributed by atoms with Gasteiger partial charge in [-0.1, -0.05) is 0 Å². The zero-order valence-corrected chi connectivity index (χ0v) is 8.99. The van der Waals surface area contributed by atoms with Gasteiger partial charge >= 0.3 is 6.18 Å². The van der Waals surface area contributed by atoms with E-state index in [1.807, 2.05) is 0 Å². The molecule has 0 aliphatic rings. The second-order valence-electron chi connectivity index (χ2n) is 3.62. The van der Waals surface area contributed by atoms with Crippen molar-refractivity contribution in [3.8, 4) is 11.3 Å². The van der Waals surface area contributed by atoms with Gasteiger partial charge < -0.3 is 0 Å². The van der Waals surface area contributed by atoms with Crippen LogP contribution in [-0.4, -0.2) is 9.97 Å². The maximum atomic E-state index is 12.7. The zero-order valence-electron chi connectivity index (χ0n) is 8.99. The Balaban J connectivity index is 2.60. The van der Waals surface area contributed by atoms with Crippen molar-refractivity contribution in [2.45, 2.75) is 13.1 Å². The number of rotatable bonds is 1. The van der Waals surface area contributed by atoms with Crippen LogP contribution in [0.5, 0.6) is 0 Å². The fourth-order valence-corrected chi connectivity index (χ4v) is 1.52. The molecule has 2 heterocycles. The third kappa shape index (κ3) is 2.43. The number of nitrogens with zero attached hydrogens (tertiary/aromatic N) is 2. The lowest BCUT2D eigenvalue weighted by Crippen LogP contribution is -2.10. The summed E-state index contributed by atoms with van der Waals surface area (Å²) >= 11 is 0. The molecule has 0 N–H and O–H groups in total. The van der Waals surface area contributed by atoms with Gasteiger partial charge in [-0.2, -0.15) is 13.2 Å². The smallest absolute Gasteiger partial charge is 0.256 e. The van der Waals surface area contributed by atoms with Gasteiger partial charge in [0.15, 0.2) is 5.69 Å². The van der Waals surface area contributed by atoms with E-state index in [1.54, 1.807) is 19.1 Å². The van der Waals surface area contributed by atoms with Crippen molar-refractivity contribution in [2.24, 2.45) is 0 Å². The first-order valence-corrected chi connectivity index (χ1v) is 4.94. The summed E-state index contributed by atoms with van der Waals surface area (Å²) in [6, 6.07) is 6.17. The summed E-state index contributed by atoms with van der Waals surface area (Å²) in [5.41, 5.74) is 0.235. The lowest BCUT2D eigenvalue weighted by atomic mass is 10.1. The number of pyridine rings is 2. The zero-order chi connectivity index (χ0) is 12.5. The Kier molecular flexibility index (Phi) is 2.83. The summed E-state index contributed by atoms with van der Waals surface area (Å²) in [5, 5.41) is 0. The molecular formula is C12H9F3N2. The highest BCUT2D eigenvalue weighted by Crippen LogP contribution is 2.34. The van der Waals surface area contributed by atoms with Gasteiger partial charge in [0, 0.05) is 18.0 Å². The number of aryl methyl sites for hydroxylation is 1. The number of alkyl halides is 3. The summed E-state index contributed by atoms with van der Waals surface area (Å²) < 4.78 is 38.2. The van der Waals surface area contributed by atoms with Crippen molar-refractivity contribution in [3.63, 3.8) is 0 Å². The Labute approximate surface area is 96.2 Å². The quantitative estimate of drug-likeness (QED) is 0.760. The molecule has 0 aromatic carbocycles. The first-order chi connectivity index (χ1) is 7.98. The van der Waals surface area contributed by atoms with Crippen LogP contribution in [0.1, 0.15) is 11.3 Å². The van der Waals surface area contributed by atoms with Crippen LogP contribution in [0.3, 0.4) is 0 Å². The van der Waals surface area contributed by atoms with E-state index in [0.717, 1.165) is 11.8 Å². The molecule has 2 aromatic rings. The standard InChI is InChI=1S/C12H9F3N2/c1-8-4-6-16-10(7-8)9-3-2-5-17-11(9)12(13,14)15/h2-7H,1H3. The fraction of sp³-hybridized carbons (Fsp3) is 0.167. The van der Waals surface area contributed by atoms with E-state index in [2.05, 4.69) is 9.97 Å². The minimum Gasteiger partial charge on any atom is -0.256 e. The van der Waals surface area contributed by atoms with Crippen LogP contribution in [-0.2, 0) is 6.18 Å². The van der Waals surface area contributed by atoms with E-state index in [1.165, 1.54) is 18.3 Å². The van der Waals surface area contributed by atoms with Crippen molar-refractivity contribution in [3.05, 3.63) is 47.9 Å². The van der Waals surface area contributed by atoms with Crippen molar-refractivity contribution in [1.29, 1.82) is 0 Å². The van der Waals surface area contributed by atoms with E-state index in [4.69, 9.17) is 0 Å². The first kappa shape index (κ1) is 11.6. The molecule has 0 atom stereocenters. The molecule has 2 rings (SSSR count). The van der Waals surface area contributed by atoms with Gasteiger partial charge in [0.05, 0.1) is 5.69 Å². The van der Waals surface area contributed by atoms with Crippen LogP contribution in [0.4, 0.5) is 13.2 Å². The molecule has 0 unspecified atom stereocenters. The van der Waals surface area contributed by atoms with Gasteiger partial charge in [-0.25, -0.2) is 0 Å². The summed E-state index contributed by atoms with van der Waals surface area (Å²) in [7, 11) is 0. The number of halogens is 3. The predicted molar refractivity (Wildman–Crippen MR) is 57.2 cm³/mol. The van der Waals surface area contributed by atoms with E-state index in [9.17, 15) is 13.2 Å². The molecule has 0 saturated carbocycles. The Morgan fingerprint density at radius 1 is 1.06 bits per heavy atom. The SMILES string of the molecule is Cc1ccnc(-c2cccnc2C(F)(F)F)c1. The van der Waals surface area contributed by atoms with Gasteiger partial charge in [0.2, 0.25) is 0 Å². The fourth-order valence-electron chi connectivity index (χ4n) is 1.52. The molecule has 0 aliphatic carbocycles. The average Bonchev–Trinajstić information content (AvgIpc) is 2.28. The van der Waals surface area contributed by atoms with Crippen LogP contribution in [0.15, 0.2) is 36.7 Å². The third-order valence-corrected chi connectivity index (χ3v) is 2.27. The second-order valence-corrected chi connectivity index (χ2v) is 3.62. The van der Waals surface area contributed by atoms with Crippen molar-refractivity contribution < 1.29 is 13.2 Å². The van der Waals surface area contributed by atoms with Gasteiger partial charge in [-0.3, -0.25) is 9.97 Å². The Hall–Kier alpha value is -1.91. The van der Waals surface area contributed by atoms with Gasteiger partial charge in [0.1, 0.15) is 0 Å². The molecule has 0 saturated heterocycles. The lowest BCUT2D eigenvalue weighted by molar-refractivity contribution is -0.140. The highest BCUT2D eigenvalue weighted by molar-refractivity contribution is 5.62. The van der Waals surface area contributed by atoms with Crippen molar-refractivity contribution >= 4 is 0 Å². The van der Waals surface area contributed by atoms with E-state index < -0.39 is 11.9 Å². The minimum atomic E-state index is -4.47. The molecular weight excluding hydrogens is 229 g/mol. The normalized spacial score (nSPS) is 11.5. The molecule has 0 aliphatic heterocycles. The molecule has 17 heavy (non-hydrogen) atoms. The van der Waals surface area contributed by atoms with E-state index in [-0.39, 0.29) is 11.3 Å². The third-order valence-electron chi connectivity index (χ3n) is 2.27. The van der Waals surface area contributed by atoms with Gasteiger partial charge in [-0.15, -0.1) is 0 Å². The summed E-state index contributed by atoms with van der Waals surface area (Å²) in [6.07, 6.45) is -1.86. The Morgan fingerprint density at radius 2 is 1.82 bits per heavy atom. The van der Waals surface area contributed by atoms with Crippen LogP contribution < -0.4 is 0 Å². The summed E-state index contributed by atoms with van der Waals surface area (Å²) in [5.74, 6) is 0. The van der Waals surface area contributed by atoms with Crippen LogP contribution in [0.2, 0.25) is 0 Å². The molecule has 2 nitrogen and oxygen atoms in total. The monoisotopic (exact) mass is 238 g/mol. The van der Waals surface area contributed by atoms with E-state index in [0.29, 0.717) is 0 Å². The highest BCUT2D eigenvalue weighted by Gasteiger charge is 2.35. The van der Waals surface area contributed by atoms with Crippen LogP contribution in [0, 0.1) is 6.92 Å². The molecule has 0 radical (unpaired) electrons. The van der Waals surface area contributed by atoms with Crippen molar-refractivity contribution in [2.75, 3.05) is 0 Å². The molecule has 0 fully saturated rings. The molecule has 0 spiro atoms. The minimum absolute atomic E-state index is 0.00343. The number of aromatic nitrogens is 2. The molecule has 0 bridgehead atoms. The molecule has 5 heteroatoms. The number of hydrogen-bond donors (Lipinski definition) is 0. The van der Waals surface area contributed by atoms with Crippen LogP contribution in [0.25, 0.3) is 11.3 Å². The maximum Gasteiger partial charge on any atom is 0.434 e.